The van der Waals surface area contributed by atoms with E-state index in [0.717, 1.165) is 140 Å². The summed E-state index contributed by atoms with van der Waals surface area (Å²) in [6.07, 6.45) is 6.82. The van der Waals surface area contributed by atoms with E-state index in [1.807, 2.05) is 135 Å². The van der Waals surface area contributed by atoms with Crippen molar-refractivity contribution < 1.29 is 69.0 Å². The second-order valence-corrected chi connectivity index (χ2v) is 30.6. The molecule has 0 saturated heterocycles. The molecule has 0 unspecified atom stereocenters. The third kappa shape index (κ3) is 21.9. The smallest absolute Gasteiger partial charge is 0.144 e. The molecule has 19 heteroatoms. The van der Waals surface area contributed by atoms with E-state index >= 15 is 4.39 Å². The van der Waals surface area contributed by atoms with E-state index < -0.39 is 11.6 Å². The highest BCUT2D eigenvalue weighted by Crippen LogP contribution is 2.40. The maximum Gasteiger partial charge on any atom is 0.144 e. The van der Waals surface area contributed by atoms with Crippen molar-refractivity contribution in [2.24, 2.45) is 22.9 Å². The van der Waals surface area contributed by atoms with Crippen LogP contribution in [0.15, 0.2) is 273 Å². The van der Waals surface area contributed by atoms with Crippen molar-refractivity contribution in [3.63, 3.8) is 0 Å². The van der Waals surface area contributed by atoms with E-state index in [9.17, 15) is 28.0 Å². The van der Waals surface area contributed by atoms with E-state index in [4.69, 9.17) is 59.6 Å². The highest BCUT2D eigenvalue weighted by Gasteiger charge is 2.22. The number of carbonyl (C=O) groups excluding carboxylic acids is 4. The lowest BCUT2D eigenvalue weighted by Crippen LogP contribution is -2.04. The topological polar surface area (TPSA) is 262 Å². The zero-order valence-electron chi connectivity index (χ0n) is 69.8. The van der Waals surface area contributed by atoms with Crippen molar-refractivity contribution in [1.29, 1.82) is 0 Å². The molecule has 12 aromatic carbocycles. The van der Waals surface area contributed by atoms with Gasteiger partial charge in [0, 0.05) is 135 Å². The monoisotopic (exact) mass is 1650 g/mol. The van der Waals surface area contributed by atoms with E-state index in [1.54, 1.807) is 74.9 Å². The lowest BCUT2D eigenvalue weighted by atomic mass is 9.98. The molecule has 4 aromatic heterocycles. The number of benzene rings is 12. The summed E-state index contributed by atoms with van der Waals surface area (Å²) in [6.45, 7) is 14.6. The van der Waals surface area contributed by atoms with Gasteiger partial charge in [-0.2, -0.15) is 0 Å². The van der Waals surface area contributed by atoms with Crippen molar-refractivity contribution in [2.75, 3.05) is 0 Å². The maximum atomic E-state index is 15.2. The van der Waals surface area contributed by atoms with Gasteiger partial charge in [0.2, 0.25) is 0 Å². The highest BCUT2D eigenvalue weighted by molar-refractivity contribution is 5.97. The van der Waals surface area contributed by atoms with Gasteiger partial charge < -0.3 is 59.6 Å². The van der Waals surface area contributed by atoms with Crippen LogP contribution in [0, 0.1) is 31.3 Å². The Morgan fingerprint density at radius 3 is 1.33 bits per heavy atom. The largest absolute Gasteiger partial charge is 0.489 e. The first-order valence-electron chi connectivity index (χ1n) is 40.7. The fourth-order valence-electron chi connectivity index (χ4n) is 14.9. The second kappa shape index (κ2) is 40.6. The van der Waals surface area contributed by atoms with Gasteiger partial charge in [0.15, 0.2) is 0 Å². The zero-order valence-corrected chi connectivity index (χ0v) is 69.8. The Morgan fingerprint density at radius 2 is 0.772 bits per heavy atom. The molecule has 0 aliphatic heterocycles. The summed E-state index contributed by atoms with van der Waals surface area (Å²) in [7, 11) is 0. The zero-order chi connectivity index (χ0) is 86.8. The molecule has 0 saturated carbocycles. The average molecular weight is 1650 g/mol. The summed E-state index contributed by atoms with van der Waals surface area (Å²) in [5.74, 6) is 2.29. The normalized spacial score (nSPS) is 11.1. The molecular weight excluding hydrogens is 1550 g/mol. The molecule has 626 valence electrons. The Labute approximate surface area is 712 Å². The van der Waals surface area contributed by atoms with Gasteiger partial charge in [0.25, 0.3) is 0 Å². The molecule has 16 rings (SSSR count). The molecule has 4 heterocycles. The number of halogens is 3. The molecule has 0 fully saturated rings. The number of ketones is 4. The number of ether oxygens (including phenoxy) is 4. The van der Waals surface area contributed by atoms with Gasteiger partial charge in [-0.05, 0) is 218 Å². The van der Waals surface area contributed by atoms with Crippen molar-refractivity contribution in [1.82, 2.24) is 0 Å². The molecule has 0 bridgehead atoms. The van der Waals surface area contributed by atoms with Crippen LogP contribution in [0.1, 0.15) is 118 Å². The standard InChI is InChI=1S/C27H27NO3.C26H24FNO3.C26H25NO3.C25H21F2NO3/c1-3-19-7-8-23(11-18(2)29)26(15-19)31-17-21-13-24-9-10-30-27(24)25(14-21)22-6-4-5-20(12-22)16-28;1-16-6-7-20(11-17(2)29)24(10-16)31-15-21-13-23(19-5-3-4-18(12-19)14-28)26-22(25(21)27)8-9-30-26;1-17(28)10-22-7-3-4-9-25(22)29-16-20-13-23-11-18(2)30-26(23)24(14-20)21-8-5-6-19(12-21)15-27;1-15(29)9-17-5-6-20(26)12-23(17)31-14-16-10-18-7-8-30-25(18)22(11-16)21-4-2-3-19(13-28)24(21)27/h4-10,12-15H,3,11,16-17,28H2,1-2H3;3-10,12-13H,11,14-15,28H2,1-2H3;3-9,11-14H,10,15-16,27H2,1-2H3;2-8,10-12H,9,13-14,28H2,1H3. The Bertz CT molecular complexity index is 6510. The van der Waals surface area contributed by atoms with Crippen LogP contribution in [0.25, 0.3) is 88.4 Å². The number of carbonyl (C=O) groups is 4. The molecule has 0 aliphatic rings. The lowest BCUT2D eigenvalue weighted by molar-refractivity contribution is -0.117. The molecule has 0 aliphatic carbocycles. The molecule has 0 atom stereocenters. The number of nitrogens with two attached hydrogens (primary N) is 4. The Kier molecular flexibility index (Phi) is 28.7. The van der Waals surface area contributed by atoms with Gasteiger partial charge in [-0.1, -0.05) is 128 Å². The minimum Gasteiger partial charge on any atom is -0.489 e. The fourth-order valence-corrected chi connectivity index (χ4v) is 14.9. The lowest BCUT2D eigenvalue weighted by Gasteiger charge is -2.14. The first-order valence-corrected chi connectivity index (χ1v) is 40.7. The van der Waals surface area contributed by atoms with Gasteiger partial charge in [0.1, 0.15) is 118 Å². The van der Waals surface area contributed by atoms with Crippen LogP contribution in [0.4, 0.5) is 13.2 Å². The number of hydrogen-bond acceptors (Lipinski definition) is 16. The summed E-state index contributed by atoms with van der Waals surface area (Å²) < 4.78 is 91.1. The number of rotatable bonds is 29. The van der Waals surface area contributed by atoms with E-state index in [1.165, 1.54) is 37.8 Å². The van der Waals surface area contributed by atoms with Crippen molar-refractivity contribution in [3.05, 3.63) is 356 Å². The second-order valence-electron chi connectivity index (χ2n) is 30.6. The number of para-hydroxylation sites is 1. The van der Waals surface area contributed by atoms with Gasteiger partial charge >= 0.3 is 0 Å². The van der Waals surface area contributed by atoms with Crippen LogP contribution in [-0.2, 0) is 104 Å². The number of Topliss-reactive ketones (excluding diaryl/α,β-unsaturated/α-hetero) is 4. The Hall–Kier alpha value is -13.7. The first-order chi connectivity index (χ1) is 59.5. The van der Waals surface area contributed by atoms with Gasteiger partial charge in [-0.25, -0.2) is 13.2 Å². The molecule has 16 nitrogen and oxygen atoms in total. The van der Waals surface area contributed by atoms with Crippen LogP contribution in [0.5, 0.6) is 23.0 Å². The molecule has 0 radical (unpaired) electrons. The van der Waals surface area contributed by atoms with Crippen LogP contribution in [-0.4, -0.2) is 23.1 Å². The predicted octanol–water partition coefficient (Wildman–Crippen LogP) is 22.7. The molecule has 8 N–H and O–H groups in total. The summed E-state index contributed by atoms with van der Waals surface area (Å²) in [5.41, 5.74) is 44.9. The third-order valence-electron chi connectivity index (χ3n) is 20.9. The quantitative estimate of drug-likeness (QED) is 0.0340. The van der Waals surface area contributed by atoms with Crippen LogP contribution >= 0.6 is 0 Å². The molecule has 123 heavy (non-hydrogen) atoms. The first kappa shape index (κ1) is 87.1. The SMILES string of the molecule is CC(=O)Cc1ccc(C)cc1OCc1cc(-c2cccc(CN)c2)c2occc2c1F.CC(=O)Cc1ccc(F)cc1OCc1cc(-c2cccc(CN)c2F)c2occc2c1.CC(=O)Cc1ccccc1OCc1cc(-c2cccc(CN)c2)c2oc(C)cc2c1.CCc1ccc(CC(C)=O)c(OCc2cc(-c3cccc(CN)c3)c3occc3c2)c1. The van der Waals surface area contributed by atoms with Crippen molar-refractivity contribution in [3.8, 4) is 67.5 Å². The van der Waals surface area contributed by atoms with E-state index in [2.05, 4.69) is 61.5 Å². The van der Waals surface area contributed by atoms with Crippen LogP contribution in [0.3, 0.4) is 0 Å². The molecule has 0 spiro atoms. The fraction of sp³-hybridized carbons (Fsp3) is 0.192. The molecule has 0 amide bonds. The van der Waals surface area contributed by atoms with Gasteiger partial charge in [0.05, 0.1) is 24.2 Å². The molecule has 16 aromatic rings. The van der Waals surface area contributed by atoms with Crippen LogP contribution in [0.2, 0.25) is 0 Å². The number of hydrogen-bond donors (Lipinski definition) is 4. The minimum absolute atomic E-state index is 0.0326. The van der Waals surface area contributed by atoms with E-state index in [0.29, 0.717) is 102 Å². The third-order valence-corrected chi connectivity index (χ3v) is 20.9. The van der Waals surface area contributed by atoms with Crippen molar-refractivity contribution in [2.45, 2.75) is 133 Å². The van der Waals surface area contributed by atoms with E-state index in [-0.39, 0.29) is 61.6 Å². The highest BCUT2D eigenvalue weighted by atomic mass is 19.1. The molecular formula is C104H97F3N4O12. The average Bonchev–Trinajstić information content (AvgIpc) is 1.71. The maximum absolute atomic E-state index is 15.2. The van der Waals surface area contributed by atoms with Gasteiger partial charge in [-0.3, -0.25) is 19.2 Å². The van der Waals surface area contributed by atoms with Crippen molar-refractivity contribution >= 4 is 67.0 Å². The Balaban J connectivity index is 0.000000141. The summed E-state index contributed by atoms with van der Waals surface area (Å²) in [5, 5.41) is 3.26. The number of furan rings is 4. The summed E-state index contributed by atoms with van der Waals surface area (Å²) in [6, 6.07) is 74.1. The predicted molar refractivity (Wildman–Crippen MR) is 478 cm³/mol. The van der Waals surface area contributed by atoms with Crippen LogP contribution < -0.4 is 41.9 Å². The number of aryl methyl sites for hydroxylation is 3. The summed E-state index contributed by atoms with van der Waals surface area (Å²) >= 11 is 0. The number of fused-ring (bicyclic) bond motifs is 4. The minimum atomic E-state index is -0.450. The van der Waals surface area contributed by atoms with Gasteiger partial charge in [-0.15, -0.1) is 0 Å². The Morgan fingerprint density at radius 1 is 0.325 bits per heavy atom. The summed E-state index contributed by atoms with van der Waals surface area (Å²) in [4.78, 5) is 46.4.